The van der Waals surface area contributed by atoms with Crippen molar-refractivity contribution in [3.05, 3.63) is 42.2 Å². The fraction of sp³-hybridized carbons (Fsp3) is 0.400. The Labute approximate surface area is 107 Å². The summed E-state index contributed by atoms with van der Waals surface area (Å²) in [5, 5.41) is 16.3. The van der Waals surface area contributed by atoms with Gasteiger partial charge in [0.15, 0.2) is 0 Å². The Kier molecular flexibility index (Phi) is 3.02. The molecule has 2 heterocycles. The minimum Gasteiger partial charge on any atom is -0.389 e. The van der Waals surface area contributed by atoms with E-state index in [1.54, 1.807) is 0 Å². The molecular weight excluding hydrogens is 224 g/mol. The van der Waals surface area contributed by atoms with Gasteiger partial charge in [0.2, 0.25) is 0 Å². The Bertz CT molecular complexity index is 542. The zero-order valence-corrected chi connectivity index (χ0v) is 10.4. The molecule has 0 amide bonds. The van der Waals surface area contributed by atoms with Crippen LogP contribution in [0.25, 0.3) is 10.8 Å². The lowest BCUT2D eigenvalue weighted by molar-refractivity contribution is 0.0111. The summed E-state index contributed by atoms with van der Waals surface area (Å²) in [7, 11) is 0. The van der Waals surface area contributed by atoms with Gasteiger partial charge in [0.05, 0.1) is 5.60 Å². The van der Waals surface area contributed by atoms with E-state index < -0.39 is 5.60 Å². The van der Waals surface area contributed by atoms with Crippen LogP contribution in [-0.2, 0) is 6.42 Å². The number of nitrogens with zero attached hydrogens (tertiary/aromatic N) is 1. The van der Waals surface area contributed by atoms with Crippen molar-refractivity contribution in [3.8, 4) is 0 Å². The number of nitrogens with one attached hydrogen (secondary N) is 1. The number of hydrogen-bond donors (Lipinski definition) is 2. The first-order valence-electron chi connectivity index (χ1n) is 6.52. The van der Waals surface area contributed by atoms with Crippen LogP contribution in [0, 0.1) is 0 Å². The van der Waals surface area contributed by atoms with Crippen LogP contribution >= 0.6 is 0 Å². The van der Waals surface area contributed by atoms with Crippen molar-refractivity contribution in [2.24, 2.45) is 0 Å². The molecule has 1 aromatic heterocycles. The maximum Gasteiger partial charge on any atom is 0.0712 e. The number of aliphatic hydroxyl groups is 1. The normalized spacial score (nSPS) is 18.9. The summed E-state index contributed by atoms with van der Waals surface area (Å²) in [6.07, 6.45) is 6.09. The van der Waals surface area contributed by atoms with Crippen molar-refractivity contribution in [1.29, 1.82) is 0 Å². The average Bonchev–Trinajstić information content (AvgIpc) is 2.40. The molecule has 18 heavy (non-hydrogen) atoms. The third-order valence-corrected chi connectivity index (χ3v) is 3.82. The summed E-state index contributed by atoms with van der Waals surface area (Å²) in [5.41, 5.74) is 0.669. The first-order chi connectivity index (χ1) is 8.77. The summed E-state index contributed by atoms with van der Waals surface area (Å²) in [5.74, 6) is 0. The maximum atomic E-state index is 10.6. The fourth-order valence-corrected chi connectivity index (χ4v) is 2.77. The predicted octanol–water partition coefficient (Wildman–Crippen LogP) is 1.89. The highest BCUT2D eigenvalue weighted by atomic mass is 16.3. The van der Waals surface area contributed by atoms with Gasteiger partial charge in [-0.05, 0) is 42.9 Å². The molecule has 3 heteroatoms. The molecule has 1 fully saturated rings. The zero-order valence-electron chi connectivity index (χ0n) is 10.4. The largest absolute Gasteiger partial charge is 0.389 e. The Hall–Kier alpha value is -1.45. The number of fused-ring (bicyclic) bond motifs is 1. The van der Waals surface area contributed by atoms with E-state index in [-0.39, 0.29) is 0 Å². The lowest BCUT2D eigenvalue weighted by Crippen LogP contribution is -2.43. The van der Waals surface area contributed by atoms with Gasteiger partial charge in [-0.25, -0.2) is 0 Å². The molecule has 0 saturated carbocycles. The lowest BCUT2D eigenvalue weighted by atomic mass is 9.85. The first-order valence-corrected chi connectivity index (χ1v) is 6.52. The van der Waals surface area contributed by atoms with E-state index in [9.17, 15) is 5.11 Å². The zero-order chi connectivity index (χ0) is 12.4. The number of hydrogen-bond acceptors (Lipinski definition) is 3. The molecule has 1 saturated heterocycles. The predicted molar refractivity (Wildman–Crippen MR) is 72.5 cm³/mol. The topological polar surface area (TPSA) is 45.2 Å². The molecule has 0 bridgehead atoms. The number of aromatic nitrogens is 1. The molecule has 2 N–H and O–H groups in total. The van der Waals surface area contributed by atoms with Crippen LogP contribution in [0.2, 0.25) is 0 Å². The summed E-state index contributed by atoms with van der Waals surface area (Å²) >= 11 is 0. The van der Waals surface area contributed by atoms with Crippen molar-refractivity contribution in [1.82, 2.24) is 10.3 Å². The standard InChI is InChI=1S/C15H18N2O/c18-15(5-8-16-9-6-15)10-12-2-1-3-13-11-17-7-4-14(12)13/h1-4,7,11,16,18H,5-6,8-10H2. The summed E-state index contributed by atoms with van der Waals surface area (Å²) in [6, 6.07) is 8.26. The molecule has 0 unspecified atom stereocenters. The molecule has 0 atom stereocenters. The quantitative estimate of drug-likeness (QED) is 0.845. The van der Waals surface area contributed by atoms with Gasteiger partial charge in [-0.15, -0.1) is 0 Å². The highest BCUT2D eigenvalue weighted by Crippen LogP contribution is 2.27. The van der Waals surface area contributed by atoms with Crippen LogP contribution in [0.1, 0.15) is 18.4 Å². The SMILES string of the molecule is OC1(Cc2cccc3cnccc23)CCNCC1. The van der Waals surface area contributed by atoms with Crippen LogP contribution in [0.4, 0.5) is 0 Å². The second kappa shape index (κ2) is 4.67. The molecule has 1 aliphatic heterocycles. The Morgan fingerprint density at radius 1 is 1.22 bits per heavy atom. The van der Waals surface area contributed by atoms with Crippen molar-refractivity contribution in [3.63, 3.8) is 0 Å². The fourth-order valence-electron chi connectivity index (χ4n) is 2.77. The minimum absolute atomic E-state index is 0.553. The molecule has 3 nitrogen and oxygen atoms in total. The number of piperidine rings is 1. The van der Waals surface area contributed by atoms with Crippen molar-refractivity contribution in [2.75, 3.05) is 13.1 Å². The van der Waals surface area contributed by atoms with E-state index in [0.29, 0.717) is 0 Å². The Morgan fingerprint density at radius 3 is 2.89 bits per heavy atom. The Balaban J connectivity index is 1.94. The molecule has 0 radical (unpaired) electrons. The molecule has 1 aliphatic rings. The van der Waals surface area contributed by atoms with Crippen LogP contribution in [-0.4, -0.2) is 28.8 Å². The maximum absolute atomic E-state index is 10.6. The van der Waals surface area contributed by atoms with Gasteiger partial charge in [0, 0.05) is 24.2 Å². The van der Waals surface area contributed by atoms with Crippen molar-refractivity contribution >= 4 is 10.8 Å². The van der Waals surface area contributed by atoms with Crippen LogP contribution in [0.3, 0.4) is 0 Å². The molecule has 2 aromatic rings. The van der Waals surface area contributed by atoms with Crippen molar-refractivity contribution in [2.45, 2.75) is 24.9 Å². The highest BCUT2D eigenvalue weighted by Gasteiger charge is 2.29. The van der Waals surface area contributed by atoms with Gasteiger partial charge >= 0.3 is 0 Å². The third-order valence-electron chi connectivity index (χ3n) is 3.82. The summed E-state index contributed by atoms with van der Waals surface area (Å²) < 4.78 is 0. The van der Waals surface area contributed by atoms with E-state index in [1.165, 1.54) is 10.9 Å². The second-order valence-corrected chi connectivity index (χ2v) is 5.17. The van der Waals surface area contributed by atoms with Gasteiger partial charge in [-0.3, -0.25) is 4.98 Å². The summed E-state index contributed by atoms with van der Waals surface area (Å²) in [6.45, 7) is 1.81. The van der Waals surface area contributed by atoms with E-state index in [4.69, 9.17) is 0 Å². The van der Waals surface area contributed by atoms with Crippen LogP contribution < -0.4 is 5.32 Å². The van der Waals surface area contributed by atoms with Gasteiger partial charge in [-0.2, -0.15) is 0 Å². The molecular formula is C15H18N2O. The first kappa shape index (κ1) is 11.6. The molecule has 0 aliphatic carbocycles. The Morgan fingerprint density at radius 2 is 2.06 bits per heavy atom. The third kappa shape index (κ3) is 2.24. The van der Waals surface area contributed by atoms with Gasteiger partial charge in [0.1, 0.15) is 0 Å². The number of pyridine rings is 1. The van der Waals surface area contributed by atoms with Gasteiger partial charge in [0.25, 0.3) is 0 Å². The molecule has 0 spiro atoms. The second-order valence-electron chi connectivity index (χ2n) is 5.17. The smallest absolute Gasteiger partial charge is 0.0712 e. The number of benzene rings is 1. The van der Waals surface area contributed by atoms with Crippen LogP contribution in [0.15, 0.2) is 36.7 Å². The monoisotopic (exact) mass is 242 g/mol. The lowest BCUT2D eigenvalue weighted by Gasteiger charge is -2.33. The van der Waals surface area contributed by atoms with Crippen LogP contribution in [0.5, 0.6) is 0 Å². The van der Waals surface area contributed by atoms with E-state index in [1.807, 2.05) is 24.5 Å². The number of rotatable bonds is 2. The van der Waals surface area contributed by atoms with E-state index >= 15 is 0 Å². The molecule has 1 aromatic carbocycles. The summed E-state index contributed by atoms with van der Waals surface area (Å²) in [4.78, 5) is 4.15. The highest BCUT2D eigenvalue weighted by molar-refractivity contribution is 5.84. The van der Waals surface area contributed by atoms with Crippen molar-refractivity contribution < 1.29 is 5.11 Å². The van der Waals surface area contributed by atoms with Gasteiger partial charge < -0.3 is 10.4 Å². The molecule has 94 valence electrons. The average molecular weight is 242 g/mol. The van der Waals surface area contributed by atoms with E-state index in [2.05, 4.69) is 22.4 Å². The minimum atomic E-state index is -0.553. The molecule has 3 rings (SSSR count). The van der Waals surface area contributed by atoms with E-state index in [0.717, 1.165) is 37.7 Å². The van der Waals surface area contributed by atoms with Gasteiger partial charge in [-0.1, -0.05) is 18.2 Å².